The quantitative estimate of drug-likeness (QED) is 0.881. The van der Waals surface area contributed by atoms with Crippen molar-refractivity contribution in [1.82, 2.24) is 4.98 Å². The number of halogens is 3. The zero-order valence-electron chi connectivity index (χ0n) is 10.0. The Bertz CT molecular complexity index is 626. The lowest BCUT2D eigenvalue weighted by Crippen LogP contribution is -2.11. The van der Waals surface area contributed by atoms with Crippen molar-refractivity contribution in [1.29, 1.82) is 0 Å². The zero-order valence-corrected chi connectivity index (χ0v) is 10.8. The van der Waals surface area contributed by atoms with Gasteiger partial charge in [0.1, 0.15) is 10.7 Å². The molecule has 7 heteroatoms. The summed E-state index contributed by atoms with van der Waals surface area (Å²) in [5.41, 5.74) is 5.25. The third-order valence-corrected chi connectivity index (χ3v) is 2.68. The van der Waals surface area contributed by atoms with Gasteiger partial charge in [0.05, 0.1) is 17.3 Å². The van der Waals surface area contributed by atoms with Gasteiger partial charge in [-0.2, -0.15) is 13.2 Å². The minimum atomic E-state index is -4.38. The summed E-state index contributed by atoms with van der Waals surface area (Å²) in [4.78, 5) is 3.98. The van der Waals surface area contributed by atoms with Gasteiger partial charge in [0.2, 0.25) is 0 Å². The van der Waals surface area contributed by atoms with Gasteiger partial charge in [0, 0.05) is 6.20 Å². The standard InChI is InChI=1S/C13H9F3N2OS/c14-13(15,16)8-1-3-9(4-2-8)19-11-7-18-6-5-10(11)12(17)20/h1-7H,(H2,17,20). The van der Waals surface area contributed by atoms with Gasteiger partial charge < -0.3 is 10.5 Å². The Morgan fingerprint density at radius 3 is 2.35 bits per heavy atom. The monoisotopic (exact) mass is 298 g/mol. The van der Waals surface area contributed by atoms with Crippen molar-refractivity contribution >= 4 is 17.2 Å². The van der Waals surface area contributed by atoms with E-state index in [0.717, 1.165) is 12.1 Å². The van der Waals surface area contributed by atoms with Crippen LogP contribution in [0.1, 0.15) is 11.1 Å². The second kappa shape index (κ2) is 5.46. The lowest BCUT2D eigenvalue weighted by atomic mass is 10.2. The molecule has 1 aromatic carbocycles. The maximum atomic E-state index is 12.4. The zero-order chi connectivity index (χ0) is 14.8. The SMILES string of the molecule is NC(=S)c1ccncc1Oc1ccc(C(F)(F)F)cc1. The molecule has 0 bridgehead atoms. The predicted octanol–water partition coefficient (Wildman–Crippen LogP) is 3.53. The van der Waals surface area contributed by atoms with Crippen LogP contribution in [-0.2, 0) is 6.18 Å². The van der Waals surface area contributed by atoms with E-state index in [0.29, 0.717) is 11.3 Å². The van der Waals surface area contributed by atoms with Gasteiger partial charge in [-0.3, -0.25) is 4.98 Å². The molecule has 0 saturated carbocycles. The fourth-order valence-corrected chi connectivity index (χ4v) is 1.67. The van der Waals surface area contributed by atoms with E-state index in [1.165, 1.54) is 24.5 Å². The Balaban J connectivity index is 2.25. The summed E-state index contributed by atoms with van der Waals surface area (Å²) in [6, 6.07) is 5.89. The van der Waals surface area contributed by atoms with E-state index in [-0.39, 0.29) is 10.7 Å². The Labute approximate surface area is 118 Å². The molecular formula is C13H9F3N2OS. The molecule has 2 rings (SSSR count). The average molecular weight is 298 g/mol. The molecule has 104 valence electrons. The molecule has 0 atom stereocenters. The maximum Gasteiger partial charge on any atom is 0.416 e. The molecule has 1 aromatic heterocycles. The summed E-state index contributed by atoms with van der Waals surface area (Å²) in [6.07, 6.45) is -1.49. The van der Waals surface area contributed by atoms with E-state index < -0.39 is 11.7 Å². The molecular weight excluding hydrogens is 289 g/mol. The summed E-state index contributed by atoms with van der Waals surface area (Å²) in [6.45, 7) is 0. The van der Waals surface area contributed by atoms with Crippen molar-refractivity contribution in [2.45, 2.75) is 6.18 Å². The molecule has 2 aromatic rings. The van der Waals surface area contributed by atoms with Gasteiger partial charge in [-0.1, -0.05) is 12.2 Å². The lowest BCUT2D eigenvalue weighted by Gasteiger charge is -2.11. The Morgan fingerprint density at radius 2 is 1.80 bits per heavy atom. The Morgan fingerprint density at radius 1 is 1.15 bits per heavy atom. The topological polar surface area (TPSA) is 48.1 Å². The molecule has 0 fully saturated rings. The molecule has 0 aliphatic rings. The van der Waals surface area contributed by atoms with E-state index in [1.54, 1.807) is 6.07 Å². The van der Waals surface area contributed by atoms with E-state index >= 15 is 0 Å². The Hall–Kier alpha value is -2.15. The number of thiocarbonyl (C=S) groups is 1. The van der Waals surface area contributed by atoms with Crippen LogP contribution in [0.4, 0.5) is 13.2 Å². The van der Waals surface area contributed by atoms with Crippen LogP contribution in [0.15, 0.2) is 42.7 Å². The van der Waals surface area contributed by atoms with Crippen molar-refractivity contribution in [2.75, 3.05) is 0 Å². The van der Waals surface area contributed by atoms with Crippen LogP contribution in [0.25, 0.3) is 0 Å². The van der Waals surface area contributed by atoms with Crippen LogP contribution >= 0.6 is 12.2 Å². The smallest absolute Gasteiger partial charge is 0.416 e. The van der Waals surface area contributed by atoms with Gasteiger partial charge in [-0.05, 0) is 30.3 Å². The van der Waals surface area contributed by atoms with E-state index in [2.05, 4.69) is 4.98 Å². The molecule has 0 radical (unpaired) electrons. The summed E-state index contributed by atoms with van der Waals surface area (Å²) < 4.78 is 42.7. The highest BCUT2D eigenvalue weighted by molar-refractivity contribution is 7.80. The summed E-state index contributed by atoms with van der Waals surface area (Å²) in [7, 11) is 0. The highest BCUT2D eigenvalue weighted by atomic mass is 32.1. The van der Waals surface area contributed by atoms with Crippen LogP contribution in [-0.4, -0.2) is 9.97 Å². The minimum absolute atomic E-state index is 0.120. The van der Waals surface area contributed by atoms with Crippen LogP contribution in [0.5, 0.6) is 11.5 Å². The molecule has 0 saturated heterocycles. The van der Waals surface area contributed by atoms with Crippen molar-refractivity contribution in [3.8, 4) is 11.5 Å². The molecule has 3 nitrogen and oxygen atoms in total. The summed E-state index contributed by atoms with van der Waals surface area (Å²) in [5, 5.41) is 0. The summed E-state index contributed by atoms with van der Waals surface area (Å²) >= 11 is 4.86. The predicted molar refractivity (Wildman–Crippen MR) is 71.6 cm³/mol. The fraction of sp³-hybridized carbons (Fsp3) is 0.0769. The van der Waals surface area contributed by atoms with Crippen LogP contribution in [0, 0.1) is 0 Å². The molecule has 20 heavy (non-hydrogen) atoms. The first-order chi connectivity index (χ1) is 9.38. The van der Waals surface area contributed by atoms with E-state index in [4.69, 9.17) is 22.7 Å². The third-order valence-electron chi connectivity index (χ3n) is 2.46. The van der Waals surface area contributed by atoms with E-state index in [9.17, 15) is 13.2 Å². The molecule has 0 aliphatic carbocycles. The number of aromatic nitrogens is 1. The molecule has 0 aliphatic heterocycles. The third kappa shape index (κ3) is 3.24. The van der Waals surface area contributed by atoms with Crippen LogP contribution < -0.4 is 10.5 Å². The molecule has 0 spiro atoms. The average Bonchev–Trinajstić information content (AvgIpc) is 2.38. The number of ether oxygens (including phenoxy) is 1. The van der Waals surface area contributed by atoms with Crippen molar-refractivity contribution < 1.29 is 17.9 Å². The van der Waals surface area contributed by atoms with Crippen LogP contribution in [0.2, 0.25) is 0 Å². The first-order valence-corrected chi connectivity index (χ1v) is 5.87. The number of nitrogens with zero attached hydrogens (tertiary/aromatic N) is 1. The number of rotatable bonds is 3. The second-order valence-electron chi connectivity index (χ2n) is 3.86. The molecule has 1 heterocycles. The van der Waals surface area contributed by atoms with Gasteiger partial charge in [0.15, 0.2) is 5.75 Å². The number of nitrogens with two attached hydrogens (primary N) is 1. The molecule has 0 unspecified atom stereocenters. The van der Waals surface area contributed by atoms with Gasteiger partial charge >= 0.3 is 6.18 Å². The summed E-state index contributed by atoms with van der Waals surface area (Å²) in [5.74, 6) is 0.531. The number of benzene rings is 1. The van der Waals surface area contributed by atoms with E-state index in [1.807, 2.05) is 0 Å². The van der Waals surface area contributed by atoms with Gasteiger partial charge in [-0.25, -0.2) is 0 Å². The molecule has 2 N–H and O–H groups in total. The van der Waals surface area contributed by atoms with Gasteiger partial charge in [-0.15, -0.1) is 0 Å². The Kier molecular flexibility index (Phi) is 3.89. The van der Waals surface area contributed by atoms with Crippen molar-refractivity contribution in [2.24, 2.45) is 5.73 Å². The first-order valence-electron chi connectivity index (χ1n) is 5.47. The van der Waals surface area contributed by atoms with Crippen molar-refractivity contribution in [3.05, 3.63) is 53.9 Å². The fourth-order valence-electron chi connectivity index (χ4n) is 1.50. The van der Waals surface area contributed by atoms with Crippen molar-refractivity contribution in [3.63, 3.8) is 0 Å². The minimum Gasteiger partial charge on any atom is -0.455 e. The number of alkyl halides is 3. The number of hydrogen-bond acceptors (Lipinski definition) is 3. The maximum absolute atomic E-state index is 12.4. The largest absolute Gasteiger partial charge is 0.455 e. The molecule has 0 amide bonds. The second-order valence-corrected chi connectivity index (χ2v) is 4.30. The highest BCUT2D eigenvalue weighted by Gasteiger charge is 2.30. The number of pyridine rings is 1. The highest BCUT2D eigenvalue weighted by Crippen LogP contribution is 2.31. The first kappa shape index (κ1) is 14.3. The normalized spacial score (nSPS) is 11.2. The lowest BCUT2D eigenvalue weighted by molar-refractivity contribution is -0.137. The number of hydrogen-bond donors (Lipinski definition) is 1. The van der Waals surface area contributed by atoms with Gasteiger partial charge in [0.25, 0.3) is 0 Å². The van der Waals surface area contributed by atoms with Crippen LogP contribution in [0.3, 0.4) is 0 Å².